The van der Waals surface area contributed by atoms with E-state index >= 15 is 0 Å². The van der Waals surface area contributed by atoms with Gasteiger partial charge in [-0.1, -0.05) is 32.9 Å². The van der Waals surface area contributed by atoms with Gasteiger partial charge in [0.05, 0.1) is 11.8 Å². The Labute approximate surface area is 124 Å². The molecule has 0 fully saturated rings. The number of hydrogen-bond donors (Lipinski definition) is 1. The first-order valence-electron chi connectivity index (χ1n) is 6.78. The summed E-state index contributed by atoms with van der Waals surface area (Å²) in [6, 6.07) is 10.6. The Kier molecular flexibility index (Phi) is 4.26. The van der Waals surface area contributed by atoms with Gasteiger partial charge >= 0.3 is 5.97 Å². The first-order chi connectivity index (χ1) is 9.86. The largest absolute Gasteiger partial charge is 0.487 e. The molecule has 4 heteroatoms. The molecule has 0 atom stereocenters. The number of ether oxygens (including phenoxy) is 1. The second-order valence-electron chi connectivity index (χ2n) is 5.92. The number of aromatic nitrogens is 1. The highest BCUT2D eigenvalue weighted by atomic mass is 16.5. The molecule has 1 aromatic heterocycles. The van der Waals surface area contributed by atoms with E-state index < -0.39 is 5.97 Å². The minimum absolute atomic E-state index is 0.00828. The van der Waals surface area contributed by atoms with E-state index in [1.54, 1.807) is 24.4 Å². The van der Waals surface area contributed by atoms with Crippen molar-refractivity contribution < 1.29 is 14.6 Å². The molecule has 0 aliphatic rings. The van der Waals surface area contributed by atoms with E-state index in [0.717, 1.165) is 11.3 Å². The molecule has 21 heavy (non-hydrogen) atoms. The quantitative estimate of drug-likeness (QED) is 0.931. The molecule has 0 spiro atoms. The van der Waals surface area contributed by atoms with Gasteiger partial charge in [0.15, 0.2) is 0 Å². The smallest absolute Gasteiger partial charge is 0.335 e. The van der Waals surface area contributed by atoms with Gasteiger partial charge < -0.3 is 9.84 Å². The normalized spacial score (nSPS) is 11.2. The fraction of sp³-hybridized carbons (Fsp3) is 0.294. The van der Waals surface area contributed by atoms with Crippen LogP contribution in [0.15, 0.2) is 42.6 Å². The lowest BCUT2D eigenvalue weighted by Gasteiger charge is -2.17. The van der Waals surface area contributed by atoms with Gasteiger partial charge in [-0.05, 0) is 29.8 Å². The van der Waals surface area contributed by atoms with Crippen LogP contribution >= 0.6 is 0 Å². The van der Waals surface area contributed by atoms with E-state index in [2.05, 4.69) is 25.8 Å². The van der Waals surface area contributed by atoms with Crippen LogP contribution in [0, 0.1) is 0 Å². The van der Waals surface area contributed by atoms with Crippen molar-refractivity contribution in [2.24, 2.45) is 0 Å². The van der Waals surface area contributed by atoms with Crippen molar-refractivity contribution in [2.75, 3.05) is 0 Å². The molecule has 0 unspecified atom stereocenters. The molecular formula is C17H19NO3. The predicted molar refractivity (Wildman–Crippen MR) is 80.7 cm³/mol. The average molecular weight is 285 g/mol. The lowest BCUT2D eigenvalue weighted by Crippen LogP contribution is -2.13. The fourth-order valence-corrected chi connectivity index (χ4v) is 1.87. The highest BCUT2D eigenvalue weighted by Crippen LogP contribution is 2.22. The molecular weight excluding hydrogens is 266 g/mol. The van der Waals surface area contributed by atoms with Crippen molar-refractivity contribution in [1.82, 2.24) is 4.98 Å². The van der Waals surface area contributed by atoms with Crippen LogP contribution in [0.4, 0.5) is 0 Å². The second-order valence-corrected chi connectivity index (χ2v) is 5.92. The summed E-state index contributed by atoms with van der Waals surface area (Å²) in [4.78, 5) is 15.3. The minimum Gasteiger partial charge on any atom is -0.487 e. The first-order valence-corrected chi connectivity index (χ1v) is 6.78. The van der Waals surface area contributed by atoms with Crippen LogP contribution < -0.4 is 4.74 Å². The Hall–Kier alpha value is -2.36. The summed E-state index contributed by atoms with van der Waals surface area (Å²) < 4.78 is 5.64. The molecule has 1 aromatic carbocycles. The Morgan fingerprint density at radius 3 is 2.57 bits per heavy atom. The number of aromatic carboxylic acids is 1. The van der Waals surface area contributed by atoms with Gasteiger partial charge in [-0.2, -0.15) is 0 Å². The topological polar surface area (TPSA) is 59.4 Å². The predicted octanol–water partition coefficient (Wildman–Crippen LogP) is 3.66. The third-order valence-corrected chi connectivity index (χ3v) is 3.08. The number of hydrogen-bond acceptors (Lipinski definition) is 3. The van der Waals surface area contributed by atoms with Crippen LogP contribution in [0.1, 0.15) is 42.4 Å². The van der Waals surface area contributed by atoms with Gasteiger partial charge in [0.2, 0.25) is 0 Å². The highest BCUT2D eigenvalue weighted by molar-refractivity contribution is 5.87. The van der Waals surface area contributed by atoms with Gasteiger partial charge in [0, 0.05) is 11.1 Å². The Bertz CT molecular complexity index is 627. The number of benzene rings is 1. The van der Waals surface area contributed by atoms with Crippen molar-refractivity contribution in [3.05, 3.63) is 59.4 Å². The van der Waals surface area contributed by atoms with Crippen LogP contribution in [0.2, 0.25) is 0 Å². The number of carboxylic acids is 1. The van der Waals surface area contributed by atoms with E-state index in [-0.39, 0.29) is 11.0 Å². The summed E-state index contributed by atoms with van der Waals surface area (Å²) in [6.45, 7) is 6.63. The average Bonchev–Trinajstić information content (AvgIpc) is 2.45. The number of pyridine rings is 1. The van der Waals surface area contributed by atoms with Crippen LogP contribution in [0.3, 0.4) is 0 Å². The van der Waals surface area contributed by atoms with Crippen LogP contribution in [0.25, 0.3) is 0 Å². The maximum atomic E-state index is 10.9. The Morgan fingerprint density at radius 1 is 1.24 bits per heavy atom. The van der Waals surface area contributed by atoms with Gasteiger partial charge in [0.25, 0.3) is 0 Å². The molecule has 4 nitrogen and oxygen atoms in total. The maximum absolute atomic E-state index is 10.9. The molecule has 110 valence electrons. The molecule has 0 aliphatic heterocycles. The monoisotopic (exact) mass is 285 g/mol. The van der Waals surface area contributed by atoms with Crippen LogP contribution in [-0.2, 0) is 12.0 Å². The van der Waals surface area contributed by atoms with E-state index in [9.17, 15) is 4.79 Å². The van der Waals surface area contributed by atoms with Crippen LogP contribution in [-0.4, -0.2) is 16.1 Å². The van der Waals surface area contributed by atoms with E-state index in [1.807, 2.05) is 18.2 Å². The fourth-order valence-electron chi connectivity index (χ4n) is 1.87. The van der Waals surface area contributed by atoms with Gasteiger partial charge in [-0.3, -0.25) is 4.98 Å². The van der Waals surface area contributed by atoms with Crippen LogP contribution in [0.5, 0.6) is 5.75 Å². The summed E-state index contributed by atoms with van der Waals surface area (Å²) in [5.41, 5.74) is 2.09. The summed E-state index contributed by atoms with van der Waals surface area (Å²) >= 11 is 0. The zero-order valence-corrected chi connectivity index (χ0v) is 12.5. The molecule has 0 saturated carbocycles. The number of nitrogens with zero attached hydrogens (tertiary/aromatic N) is 1. The maximum Gasteiger partial charge on any atom is 0.335 e. The van der Waals surface area contributed by atoms with Crippen molar-refractivity contribution in [3.63, 3.8) is 0 Å². The Balaban J connectivity index is 2.03. The molecule has 1 heterocycles. The zero-order chi connectivity index (χ0) is 15.5. The first kappa shape index (κ1) is 15.0. The molecule has 2 aromatic rings. The standard InChI is InChI=1S/C17H19NO3/c1-17(2,3)15-8-7-14(10-18-15)21-11-12-5-4-6-13(9-12)16(19)20/h4-10H,11H2,1-3H3,(H,19,20). The molecule has 0 amide bonds. The van der Waals surface area contributed by atoms with Gasteiger partial charge in [-0.25, -0.2) is 4.79 Å². The molecule has 1 N–H and O–H groups in total. The summed E-state index contributed by atoms with van der Waals surface area (Å²) in [6.07, 6.45) is 1.70. The molecule has 0 aliphatic carbocycles. The summed E-state index contributed by atoms with van der Waals surface area (Å²) in [5.74, 6) is -0.267. The highest BCUT2D eigenvalue weighted by Gasteiger charge is 2.14. The van der Waals surface area contributed by atoms with Crippen molar-refractivity contribution in [1.29, 1.82) is 0 Å². The summed E-state index contributed by atoms with van der Waals surface area (Å²) in [5, 5.41) is 8.95. The van der Waals surface area contributed by atoms with E-state index in [4.69, 9.17) is 9.84 Å². The van der Waals surface area contributed by atoms with Gasteiger partial charge in [-0.15, -0.1) is 0 Å². The summed E-state index contributed by atoms with van der Waals surface area (Å²) in [7, 11) is 0. The number of rotatable bonds is 4. The number of carbonyl (C=O) groups is 1. The molecule has 0 saturated heterocycles. The molecule has 0 bridgehead atoms. The van der Waals surface area contributed by atoms with Crippen molar-refractivity contribution in [2.45, 2.75) is 32.8 Å². The van der Waals surface area contributed by atoms with E-state index in [1.165, 1.54) is 0 Å². The van der Waals surface area contributed by atoms with Crippen molar-refractivity contribution >= 4 is 5.97 Å². The Morgan fingerprint density at radius 2 is 2.00 bits per heavy atom. The van der Waals surface area contributed by atoms with Crippen molar-refractivity contribution in [3.8, 4) is 5.75 Å². The second kappa shape index (κ2) is 5.95. The number of carboxylic acid groups (broad SMARTS) is 1. The lowest BCUT2D eigenvalue weighted by molar-refractivity contribution is 0.0696. The third-order valence-electron chi connectivity index (χ3n) is 3.08. The zero-order valence-electron chi connectivity index (χ0n) is 12.5. The lowest BCUT2D eigenvalue weighted by atomic mass is 9.92. The molecule has 0 radical (unpaired) electrons. The minimum atomic E-state index is -0.937. The van der Waals surface area contributed by atoms with E-state index in [0.29, 0.717) is 12.4 Å². The van der Waals surface area contributed by atoms with Gasteiger partial charge in [0.1, 0.15) is 12.4 Å². The molecule has 2 rings (SSSR count). The third kappa shape index (κ3) is 4.05. The SMILES string of the molecule is CC(C)(C)c1ccc(OCc2cccc(C(=O)O)c2)cn1.